The van der Waals surface area contributed by atoms with Gasteiger partial charge in [0.15, 0.2) is 0 Å². The smallest absolute Gasteiger partial charge is 0.338 e. The quantitative estimate of drug-likeness (QED) is 0.395. The minimum Gasteiger partial charge on any atom is -0.478 e. The molecule has 1 N–H and O–H groups in total. The van der Waals surface area contributed by atoms with Gasteiger partial charge in [-0.25, -0.2) is 14.0 Å². The standard InChI is InChI=1S/C28H26ClFN4O4/c1-2-25(35)32-14-12-31(13-15-32)20-7-9-21(10-8-20)34-24-16-19(29)6-11-23(24)33(28(34)38)17-18-4-3-5-22(26(18)30)27(36)37/h3-11,16H,2,12-15,17H2,1H3,(H,36,37). The number of carboxylic acids is 1. The highest BCUT2D eigenvalue weighted by atomic mass is 35.5. The van der Waals surface area contributed by atoms with Crippen LogP contribution in [0.1, 0.15) is 29.3 Å². The number of amides is 1. The monoisotopic (exact) mass is 536 g/mol. The number of piperazine rings is 1. The summed E-state index contributed by atoms with van der Waals surface area (Å²) in [5.74, 6) is -2.08. The van der Waals surface area contributed by atoms with Crippen LogP contribution in [0.25, 0.3) is 16.7 Å². The second-order valence-electron chi connectivity index (χ2n) is 9.16. The minimum atomic E-state index is -1.37. The Morgan fingerprint density at radius 3 is 2.29 bits per heavy atom. The lowest BCUT2D eigenvalue weighted by atomic mass is 10.1. The molecule has 0 spiro atoms. The van der Waals surface area contributed by atoms with Gasteiger partial charge in [-0.1, -0.05) is 30.7 Å². The number of benzene rings is 3. The Bertz CT molecular complexity index is 1590. The molecule has 1 amide bonds. The molecule has 2 heterocycles. The second-order valence-corrected chi connectivity index (χ2v) is 9.60. The lowest BCUT2D eigenvalue weighted by molar-refractivity contribution is -0.131. The van der Waals surface area contributed by atoms with Crippen LogP contribution in [0, 0.1) is 5.82 Å². The molecule has 3 aromatic carbocycles. The molecule has 5 rings (SSSR count). The van der Waals surface area contributed by atoms with Crippen molar-refractivity contribution in [2.75, 3.05) is 31.1 Å². The van der Waals surface area contributed by atoms with Crippen molar-refractivity contribution in [3.8, 4) is 5.69 Å². The molecule has 1 aliphatic heterocycles. The minimum absolute atomic E-state index is 0.0945. The molecule has 1 saturated heterocycles. The Kier molecular flexibility index (Phi) is 6.94. The number of nitrogens with zero attached hydrogens (tertiary/aromatic N) is 4. The van der Waals surface area contributed by atoms with Crippen molar-refractivity contribution in [2.24, 2.45) is 0 Å². The fourth-order valence-corrected chi connectivity index (χ4v) is 5.09. The Morgan fingerprint density at radius 2 is 1.63 bits per heavy atom. The van der Waals surface area contributed by atoms with Crippen LogP contribution in [0.4, 0.5) is 10.1 Å². The SMILES string of the molecule is CCC(=O)N1CCN(c2ccc(-n3c(=O)n(Cc4cccc(C(=O)O)c4F)c4ccc(Cl)cc43)cc2)CC1. The van der Waals surface area contributed by atoms with Gasteiger partial charge < -0.3 is 14.9 Å². The van der Waals surface area contributed by atoms with E-state index < -0.39 is 23.0 Å². The average molecular weight is 537 g/mol. The van der Waals surface area contributed by atoms with E-state index in [-0.39, 0.29) is 18.0 Å². The Labute approximate surface area is 223 Å². The predicted octanol–water partition coefficient (Wildman–Crippen LogP) is 4.39. The molecule has 196 valence electrons. The zero-order valence-corrected chi connectivity index (χ0v) is 21.5. The van der Waals surface area contributed by atoms with Gasteiger partial charge in [-0.2, -0.15) is 0 Å². The van der Waals surface area contributed by atoms with Crippen molar-refractivity contribution in [1.82, 2.24) is 14.0 Å². The molecule has 1 aromatic heterocycles. The van der Waals surface area contributed by atoms with Gasteiger partial charge in [0.1, 0.15) is 5.82 Å². The Hall–Kier alpha value is -4.11. The van der Waals surface area contributed by atoms with E-state index in [4.69, 9.17) is 11.6 Å². The first kappa shape index (κ1) is 25.5. The second kappa shape index (κ2) is 10.3. The normalized spacial score (nSPS) is 13.8. The highest BCUT2D eigenvalue weighted by molar-refractivity contribution is 6.31. The van der Waals surface area contributed by atoms with Crippen molar-refractivity contribution < 1.29 is 19.1 Å². The highest BCUT2D eigenvalue weighted by Crippen LogP contribution is 2.25. The summed E-state index contributed by atoms with van der Waals surface area (Å²) in [4.78, 5) is 41.1. The van der Waals surface area contributed by atoms with E-state index in [9.17, 15) is 23.9 Å². The summed E-state index contributed by atoms with van der Waals surface area (Å²) < 4.78 is 17.8. The van der Waals surface area contributed by atoms with E-state index in [0.717, 1.165) is 18.8 Å². The molecule has 8 nitrogen and oxygen atoms in total. The van der Waals surface area contributed by atoms with Gasteiger partial charge in [0.05, 0.1) is 28.8 Å². The van der Waals surface area contributed by atoms with Gasteiger partial charge in [-0.3, -0.25) is 13.9 Å². The van der Waals surface area contributed by atoms with Gasteiger partial charge in [0, 0.05) is 48.9 Å². The van der Waals surface area contributed by atoms with Crippen LogP contribution in [0.5, 0.6) is 0 Å². The van der Waals surface area contributed by atoms with Gasteiger partial charge >= 0.3 is 11.7 Å². The third-order valence-corrected chi connectivity index (χ3v) is 7.17. The number of halogens is 2. The number of carbonyl (C=O) groups excluding carboxylic acids is 1. The summed E-state index contributed by atoms with van der Waals surface area (Å²) in [6.45, 7) is 4.50. The predicted molar refractivity (Wildman–Crippen MR) is 144 cm³/mol. The van der Waals surface area contributed by atoms with Crippen molar-refractivity contribution in [3.05, 3.63) is 93.1 Å². The zero-order chi connectivity index (χ0) is 27.0. The summed E-state index contributed by atoms with van der Waals surface area (Å²) in [6.07, 6.45) is 0.499. The molecule has 38 heavy (non-hydrogen) atoms. The van der Waals surface area contributed by atoms with Crippen LogP contribution >= 0.6 is 11.6 Å². The average Bonchev–Trinajstić information content (AvgIpc) is 3.19. The van der Waals surface area contributed by atoms with Crippen molar-refractivity contribution in [2.45, 2.75) is 19.9 Å². The number of fused-ring (bicyclic) bond motifs is 1. The van der Waals surface area contributed by atoms with Crippen molar-refractivity contribution >= 4 is 40.2 Å². The Balaban J connectivity index is 1.49. The summed E-state index contributed by atoms with van der Waals surface area (Å²) in [5, 5.41) is 9.73. The molecule has 4 aromatic rings. The molecule has 0 atom stereocenters. The highest BCUT2D eigenvalue weighted by Gasteiger charge is 2.22. The fraction of sp³-hybridized carbons (Fsp3) is 0.250. The molecule has 0 saturated carbocycles. The molecule has 0 bridgehead atoms. The molecule has 10 heteroatoms. The van der Waals surface area contributed by atoms with E-state index >= 15 is 0 Å². The third-order valence-electron chi connectivity index (χ3n) is 6.94. The zero-order valence-electron chi connectivity index (χ0n) is 20.7. The van der Waals surface area contributed by atoms with Crippen LogP contribution in [0.15, 0.2) is 65.5 Å². The number of rotatable bonds is 6. The fourth-order valence-electron chi connectivity index (χ4n) is 4.92. The number of hydrogen-bond acceptors (Lipinski definition) is 4. The van der Waals surface area contributed by atoms with Crippen molar-refractivity contribution in [3.63, 3.8) is 0 Å². The van der Waals surface area contributed by atoms with E-state index in [2.05, 4.69) is 4.90 Å². The van der Waals surface area contributed by atoms with E-state index in [0.29, 0.717) is 41.3 Å². The van der Waals surface area contributed by atoms with Gasteiger partial charge in [0.2, 0.25) is 5.91 Å². The molecule has 1 fully saturated rings. The Morgan fingerprint density at radius 1 is 0.947 bits per heavy atom. The van der Waals surface area contributed by atoms with Gasteiger partial charge in [-0.15, -0.1) is 0 Å². The van der Waals surface area contributed by atoms with Gasteiger partial charge in [0.25, 0.3) is 0 Å². The van der Waals surface area contributed by atoms with Crippen LogP contribution < -0.4 is 10.6 Å². The van der Waals surface area contributed by atoms with Crippen LogP contribution in [0.2, 0.25) is 5.02 Å². The number of aromatic nitrogens is 2. The van der Waals surface area contributed by atoms with Gasteiger partial charge in [-0.05, 0) is 48.5 Å². The lowest BCUT2D eigenvalue weighted by Crippen LogP contribution is -2.48. The molecule has 0 aliphatic carbocycles. The first-order chi connectivity index (χ1) is 18.3. The topological polar surface area (TPSA) is 87.8 Å². The maximum atomic E-state index is 14.9. The number of carboxylic acid groups (broad SMARTS) is 1. The van der Waals surface area contributed by atoms with E-state index in [1.165, 1.54) is 27.3 Å². The number of hydrogen-bond donors (Lipinski definition) is 1. The summed E-state index contributed by atoms with van der Waals surface area (Å²) >= 11 is 6.27. The maximum absolute atomic E-state index is 14.9. The molecular weight excluding hydrogens is 511 g/mol. The first-order valence-electron chi connectivity index (χ1n) is 12.3. The lowest BCUT2D eigenvalue weighted by Gasteiger charge is -2.36. The maximum Gasteiger partial charge on any atom is 0.338 e. The largest absolute Gasteiger partial charge is 0.478 e. The van der Waals surface area contributed by atoms with Crippen LogP contribution in [0.3, 0.4) is 0 Å². The van der Waals surface area contributed by atoms with E-state index in [1.54, 1.807) is 18.2 Å². The number of carbonyl (C=O) groups is 2. The summed E-state index contributed by atoms with van der Waals surface area (Å²) in [6, 6.07) is 16.7. The van der Waals surface area contributed by atoms with Crippen LogP contribution in [-0.2, 0) is 11.3 Å². The number of aromatic carboxylic acids is 1. The van der Waals surface area contributed by atoms with Crippen LogP contribution in [-0.4, -0.2) is 57.2 Å². The number of imidazole rings is 1. The molecule has 0 unspecified atom stereocenters. The third kappa shape index (κ3) is 4.65. The molecular formula is C28H26ClFN4O4. The number of anilines is 1. The molecule has 0 radical (unpaired) electrons. The van der Waals surface area contributed by atoms with Crippen molar-refractivity contribution in [1.29, 1.82) is 0 Å². The molecule has 1 aliphatic rings. The summed E-state index contributed by atoms with van der Waals surface area (Å²) in [7, 11) is 0. The first-order valence-corrected chi connectivity index (χ1v) is 12.7. The summed E-state index contributed by atoms with van der Waals surface area (Å²) in [5.41, 5.74) is 1.94. The van der Waals surface area contributed by atoms with E-state index in [1.807, 2.05) is 36.1 Å².